The van der Waals surface area contributed by atoms with Crippen LogP contribution in [0.5, 0.6) is 0 Å². The standard InChI is InChI=1S/C35H40N4O4S/c1-3-38(4-2)26-17-15-25(16-18-26)37-33(42)31-35-20-19-28(44-35)29(32(41)36-21-23-11-7-5-8-12-23)30(35)34(43)39(31)27(22-40)24-13-9-6-10-14-24/h5-18,27-31,40H,3-4,19-22H2,1-2H3,(H,36,41)(H,37,42)/t27-,28+,29-,30+,31?,35?/m1/s1. The average Bonchev–Trinajstić information content (AvgIpc) is 3.70. The molecule has 3 aliphatic rings. The first-order chi connectivity index (χ1) is 21.4. The molecule has 2 bridgehead atoms. The van der Waals surface area contributed by atoms with E-state index in [1.807, 2.05) is 84.9 Å². The van der Waals surface area contributed by atoms with E-state index in [-0.39, 0.29) is 29.6 Å². The van der Waals surface area contributed by atoms with E-state index in [4.69, 9.17) is 0 Å². The zero-order chi connectivity index (χ0) is 30.8. The van der Waals surface area contributed by atoms with Crippen molar-refractivity contribution >= 4 is 40.9 Å². The number of anilines is 2. The summed E-state index contributed by atoms with van der Waals surface area (Å²) in [4.78, 5) is 46.5. The second-order valence-electron chi connectivity index (χ2n) is 11.8. The van der Waals surface area contributed by atoms with Gasteiger partial charge in [0.25, 0.3) is 0 Å². The molecule has 3 heterocycles. The monoisotopic (exact) mass is 612 g/mol. The van der Waals surface area contributed by atoms with Gasteiger partial charge in [-0.1, -0.05) is 60.7 Å². The van der Waals surface area contributed by atoms with Crippen LogP contribution in [0.15, 0.2) is 84.9 Å². The Hall–Kier alpha value is -3.82. The number of nitrogens with one attached hydrogen (secondary N) is 2. The zero-order valence-corrected chi connectivity index (χ0v) is 26.0. The molecule has 0 aromatic heterocycles. The third-order valence-electron chi connectivity index (χ3n) is 9.56. The Bertz CT molecular complexity index is 1480. The maximum absolute atomic E-state index is 14.5. The summed E-state index contributed by atoms with van der Waals surface area (Å²) in [5.41, 5.74) is 3.46. The molecule has 8 nitrogen and oxygen atoms in total. The minimum atomic E-state index is -0.846. The number of hydrogen-bond donors (Lipinski definition) is 3. The van der Waals surface area contributed by atoms with Crippen LogP contribution in [-0.4, -0.2) is 63.5 Å². The highest BCUT2D eigenvalue weighted by Gasteiger charge is 2.74. The maximum atomic E-state index is 14.5. The molecule has 0 saturated carbocycles. The number of aliphatic hydroxyl groups is 1. The van der Waals surface area contributed by atoms with Crippen LogP contribution in [-0.2, 0) is 20.9 Å². The van der Waals surface area contributed by atoms with E-state index in [1.165, 1.54) is 0 Å². The lowest BCUT2D eigenvalue weighted by molar-refractivity contribution is -0.142. The molecule has 3 aromatic rings. The maximum Gasteiger partial charge on any atom is 0.248 e. The highest BCUT2D eigenvalue weighted by atomic mass is 32.2. The van der Waals surface area contributed by atoms with Gasteiger partial charge in [-0.2, -0.15) is 0 Å². The van der Waals surface area contributed by atoms with Crippen LogP contribution >= 0.6 is 11.8 Å². The summed E-state index contributed by atoms with van der Waals surface area (Å²) in [6.07, 6.45) is 1.41. The lowest BCUT2D eigenvalue weighted by Crippen LogP contribution is -2.52. The van der Waals surface area contributed by atoms with Crippen LogP contribution in [0, 0.1) is 11.8 Å². The van der Waals surface area contributed by atoms with Gasteiger partial charge in [-0.15, -0.1) is 11.8 Å². The summed E-state index contributed by atoms with van der Waals surface area (Å²) >= 11 is 1.63. The fourth-order valence-corrected chi connectivity index (χ4v) is 9.72. The van der Waals surface area contributed by atoms with Crippen molar-refractivity contribution in [2.24, 2.45) is 11.8 Å². The van der Waals surface area contributed by atoms with Crippen molar-refractivity contribution in [2.75, 3.05) is 29.9 Å². The summed E-state index contributed by atoms with van der Waals surface area (Å²) in [5, 5.41) is 16.8. The van der Waals surface area contributed by atoms with Crippen molar-refractivity contribution in [3.05, 3.63) is 96.1 Å². The third kappa shape index (κ3) is 5.26. The van der Waals surface area contributed by atoms with Gasteiger partial charge in [-0.3, -0.25) is 14.4 Å². The predicted molar refractivity (Wildman–Crippen MR) is 174 cm³/mol. The van der Waals surface area contributed by atoms with Crippen LogP contribution in [0.2, 0.25) is 0 Å². The second kappa shape index (κ2) is 12.7. The molecular formula is C35H40N4O4S. The largest absolute Gasteiger partial charge is 0.394 e. The lowest BCUT2D eigenvalue weighted by atomic mass is 9.70. The van der Waals surface area contributed by atoms with Gasteiger partial charge in [0.15, 0.2) is 0 Å². The van der Waals surface area contributed by atoms with E-state index in [2.05, 4.69) is 29.4 Å². The highest BCUT2D eigenvalue weighted by molar-refractivity contribution is 8.02. The molecule has 3 amide bonds. The van der Waals surface area contributed by atoms with Gasteiger partial charge >= 0.3 is 0 Å². The average molecular weight is 613 g/mol. The first-order valence-electron chi connectivity index (χ1n) is 15.5. The number of fused-ring (bicyclic) bond motifs is 1. The van der Waals surface area contributed by atoms with Gasteiger partial charge in [0.05, 0.1) is 29.2 Å². The van der Waals surface area contributed by atoms with Crippen molar-refractivity contribution in [1.29, 1.82) is 0 Å². The molecule has 0 aliphatic carbocycles. The summed E-state index contributed by atoms with van der Waals surface area (Å²) < 4.78 is -0.760. The molecule has 9 heteroatoms. The number of hydrogen-bond acceptors (Lipinski definition) is 6. The number of rotatable bonds is 11. The Kier molecular flexibility index (Phi) is 8.69. The predicted octanol–water partition coefficient (Wildman–Crippen LogP) is 4.61. The smallest absolute Gasteiger partial charge is 0.248 e. The molecule has 3 fully saturated rings. The zero-order valence-electron chi connectivity index (χ0n) is 25.2. The summed E-state index contributed by atoms with van der Waals surface area (Å²) in [5.74, 6) is -1.88. The molecule has 3 N–H and O–H groups in total. The number of likely N-dealkylation sites (tertiary alicyclic amines) is 1. The number of thioether (sulfide) groups is 1. The van der Waals surface area contributed by atoms with E-state index in [0.717, 1.165) is 36.3 Å². The number of carbonyl (C=O) groups is 3. The number of benzene rings is 3. The molecule has 3 aliphatic heterocycles. The molecule has 6 atom stereocenters. The van der Waals surface area contributed by atoms with Gasteiger partial charge in [0.1, 0.15) is 6.04 Å². The lowest BCUT2D eigenvalue weighted by Gasteiger charge is -2.37. The fourth-order valence-electron chi connectivity index (χ4n) is 7.51. The van der Waals surface area contributed by atoms with E-state index >= 15 is 0 Å². The van der Waals surface area contributed by atoms with E-state index in [1.54, 1.807) is 16.7 Å². The molecule has 0 radical (unpaired) electrons. The highest BCUT2D eigenvalue weighted by Crippen LogP contribution is 2.67. The molecule has 2 unspecified atom stereocenters. The second-order valence-corrected chi connectivity index (χ2v) is 13.4. The Morgan fingerprint density at radius 2 is 1.64 bits per heavy atom. The van der Waals surface area contributed by atoms with E-state index < -0.39 is 28.7 Å². The van der Waals surface area contributed by atoms with Gasteiger partial charge in [-0.25, -0.2) is 0 Å². The number of aliphatic hydroxyl groups excluding tert-OH is 1. The summed E-state index contributed by atoms with van der Waals surface area (Å²) in [6.45, 7) is 6.02. The molecule has 44 heavy (non-hydrogen) atoms. The van der Waals surface area contributed by atoms with Crippen LogP contribution in [0.1, 0.15) is 43.9 Å². The summed E-state index contributed by atoms with van der Waals surface area (Å²) in [7, 11) is 0. The number of amides is 3. The first kappa shape index (κ1) is 30.2. The topological polar surface area (TPSA) is 102 Å². The fraction of sp³-hybridized carbons (Fsp3) is 0.400. The van der Waals surface area contributed by atoms with Gasteiger partial charge in [0.2, 0.25) is 17.7 Å². The van der Waals surface area contributed by atoms with Crippen LogP contribution < -0.4 is 15.5 Å². The first-order valence-corrected chi connectivity index (χ1v) is 16.4. The SMILES string of the molecule is CCN(CC)c1ccc(NC(=O)C2N([C@H](CO)c3ccccc3)C(=O)[C@@H]3[C@H](C(=O)NCc4ccccc4)[C@@H]4CCC23S4)cc1. The minimum absolute atomic E-state index is 0.0465. The molecule has 3 aromatic carbocycles. The van der Waals surface area contributed by atoms with Crippen LogP contribution in [0.4, 0.5) is 11.4 Å². The van der Waals surface area contributed by atoms with Crippen LogP contribution in [0.3, 0.4) is 0 Å². The van der Waals surface area contributed by atoms with Crippen molar-refractivity contribution in [3.63, 3.8) is 0 Å². The Balaban J connectivity index is 1.33. The van der Waals surface area contributed by atoms with E-state index in [9.17, 15) is 19.5 Å². The molecule has 3 saturated heterocycles. The van der Waals surface area contributed by atoms with Crippen molar-refractivity contribution in [3.8, 4) is 0 Å². The quantitative estimate of drug-likeness (QED) is 0.292. The van der Waals surface area contributed by atoms with Gasteiger partial charge in [-0.05, 0) is 62.1 Å². The Morgan fingerprint density at radius 1 is 0.977 bits per heavy atom. The molecular weight excluding hydrogens is 572 g/mol. The number of nitrogens with zero attached hydrogens (tertiary/aromatic N) is 2. The summed E-state index contributed by atoms with van der Waals surface area (Å²) in [6, 6.07) is 25.3. The normalized spacial score (nSPS) is 25.9. The van der Waals surface area contributed by atoms with Crippen molar-refractivity contribution in [1.82, 2.24) is 10.2 Å². The van der Waals surface area contributed by atoms with Crippen molar-refractivity contribution in [2.45, 2.75) is 55.3 Å². The Morgan fingerprint density at radius 3 is 2.27 bits per heavy atom. The minimum Gasteiger partial charge on any atom is -0.394 e. The third-order valence-corrected chi connectivity index (χ3v) is 11.5. The molecule has 230 valence electrons. The van der Waals surface area contributed by atoms with Crippen molar-refractivity contribution < 1.29 is 19.5 Å². The molecule has 1 spiro atoms. The van der Waals surface area contributed by atoms with E-state index in [0.29, 0.717) is 18.7 Å². The molecule has 6 rings (SSSR count). The van der Waals surface area contributed by atoms with Gasteiger partial charge in [0, 0.05) is 36.3 Å². The Labute approximate surface area is 263 Å². The van der Waals surface area contributed by atoms with Crippen LogP contribution in [0.25, 0.3) is 0 Å². The van der Waals surface area contributed by atoms with Gasteiger partial charge < -0.3 is 25.5 Å². The number of carbonyl (C=O) groups excluding carboxylic acids is 3.